The van der Waals surface area contributed by atoms with Gasteiger partial charge in [-0.2, -0.15) is 0 Å². The van der Waals surface area contributed by atoms with Gasteiger partial charge in [0.1, 0.15) is 0 Å². The Labute approximate surface area is 251 Å². The van der Waals surface area contributed by atoms with Crippen molar-refractivity contribution in [2.45, 2.75) is 19.3 Å². The molecule has 0 bridgehead atoms. The van der Waals surface area contributed by atoms with Crippen molar-refractivity contribution in [3.8, 4) is 56.3 Å². The highest BCUT2D eigenvalue weighted by Crippen LogP contribution is 2.54. The zero-order chi connectivity index (χ0) is 29.0. The summed E-state index contributed by atoms with van der Waals surface area (Å²) in [6.45, 7) is 4.67. The van der Waals surface area contributed by atoms with Gasteiger partial charge >= 0.3 is 0 Å². The highest BCUT2D eigenvalue weighted by atomic mass is 14.9. The summed E-state index contributed by atoms with van der Waals surface area (Å²) >= 11 is 0. The number of nitrogens with zero attached hydrogens (tertiary/aromatic N) is 3. The maximum atomic E-state index is 5.25. The fourth-order valence-electron chi connectivity index (χ4n) is 6.56. The molecule has 2 aromatic heterocycles. The Kier molecular flexibility index (Phi) is 5.80. The van der Waals surface area contributed by atoms with E-state index in [-0.39, 0.29) is 5.41 Å². The second-order valence-corrected chi connectivity index (χ2v) is 11.7. The van der Waals surface area contributed by atoms with Crippen LogP contribution in [0.2, 0.25) is 0 Å². The van der Waals surface area contributed by atoms with Crippen molar-refractivity contribution in [1.82, 2.24) is 15.0 Å². The minimum atomic E-state index is -0.121. The molecule has 3 nitrogen and oxygen atoms in total. The van der Waals surface area contributed by atoms with Gasteiger partial charge in [0, 0.05) is 33.9 Å². The molecule has 43 heavy (non-hydrogen) atoms. The van der Waals surface area contributed by atoms with E-state index in [1.165, 1.54) is 33.0 Å². The molecule has 0 fully saturated rings. The van der Waals surface area contributed by atoms with Crippen LogP contribution in [0, 0.1) is 0 Å². The average Bonchev–Trinajstić information content (AvgIpc) is 3.32. The molecule has 5 aromatic carbocycles. The van der Waals surface area contributed by atoms with Gasteiger partial charge in [0.2, 0.25) is 0 Å². The van der Waals surface area contributed by atoms with Crippen molar-refractivity contribution >= 4 is 10.8 Å². The lowest BCUT2D eigenvalue weighted by molar-refractivity contribution is 0.661. The largest absolute Gasteiger partial charge is 0.256 e. The molecular formula is C40H29N3. The molecule has 0 atom stereocenters. The Morgan fingerprint density at radius 1 is 0.488 bits per heavy atom. The van der Waals surface area contributed by atoms with E-state index in [9.17, 15) is 0 Å². The predicted octanol–water partition coefficient (Wildman–Crippen LogP) is 10.00. The van der Waals surface area contributed by atoms with Crippen molar-refractivity contribution in [3.63, 3.8) is 0 Å². The van der Waals surface area contributed by atoms with Crippen LogP contribution in [0.3, 0.4) is 0 Å². The van der Waals surface area contributed by atoms with Crippen LogP contribution in [0.5, 0.6) is 0 Å². The highest BCUT2D eigenvalue weighted by Gasteiger charge is 2.38. The van der Waals surface area contributed by atoms with Gasteiger partial charge in [0.15, 0.2) is 5.82 Å². The van der Waals surface area contributed by atoms with Gasteiger partial charge in [-0.25, -0.2) is 9.97 Å². The first-order chi connectivity index (χ1) is 21.1. The summed E-state index contributed by atoms with van der Waals surface area (Å²) in [5.41, 5.74) is 12.2. The highest BCUT2D eigenvalue weighted by molar-refractivity contribution is 6.06. The Balaban J connectivity index is 1.35. The quantitative estimate of drug-likeness (QED) is 0.218. The summed E-state index contributed by atoms with van der Waals surface area (Å²) in [7, 11) is 0. The molecule has 0 aliphatic heterocycles. The number of pyridine rings is 1. The van der Waals surface area contributed by atoms with Gasteiger partial charge in [0.05, 0.1) is 17.1 Å². The fourth-order valence-corrected chi connectivity index (χ4v) is 6.56. The maximum Gasteiger partial charge on any atom is 0.160 e. The Hall–Kier alpha value is -5.41. The summed E-state index contributed by atoms with van der Waals surface area (Å²) in [6, 6.07) is 46.8. The van der Waals surface area contributed by atoms with Crippen LogP contribution in [0.25, 0.3) is 67.1 Å². The molecule has 204 valence electrons. The van der Waals surface area contributed by atoms with Crippen molar-refractivity contribution < 1.29 is 0 Å². The van der Waals surface area contributed by atoms with Crippen molar-refractivity contribution in [2.24, 2.45) is 0 Å². The summed E-state index contributed by atoms with van der Waals surface area (Å²) in [5.74, 6) is 0.705. The first-order valence-corrected chi connectivity index (χ1v) is 14.7. The van der Waals surface area contributed by atoms with E-state index < -0.39 is 0 Å². The molecule has 0 unspecified atom stereocenters. The number of rotatable bonds is 4. The number of fused-ring (bicyclic) bond motifs is 5. The van der Waals surface area contributed by atoms with Crippen molar-refractivity contribution in [2.75, 3.05) is 0 Å². The van der Waals surface area contributed by atoms with E-state index in [0.717, 1.165) is 39.3 Å². The predicted molar refractivity (Wildman–Crippen MR) is 177 cm³/mol. The summed E-state index contributed by atoms with van der Waals surface area (Å²) in [6.07, 6.45) is 1.82. The molecular weight excluding hydrogens is 522 g/mol. The number of benzene rings is 5. The third kappa shape index (κ3) is 4.16. The molecule has 0 spiro atoms. The monoisotopic (exact) mass is 551 g/mol. The average molecular weight is 552 g/mol. The van der Waals surface area contributed by atoms with Gasteiger partial charge in [-0.05, 0) is 51.2 Å². The topological polar surface area (TPSA) is 38.7 Å². The van der Waals surface area contributed by atoms with E-state index in [0.29, 0.717) is 5.82 Å². The molecule has 1 aliphatic carbocycles. The third-order valence-electron chi connectivity index (χ3n) is 8.77. The number of hydrogen-bond donors (Lipinski definition) is 0. The minimum absolute atomic E-state index is 0.121. The molecule has 0 radical (unpaired) electrons. The first-order valence-electron chi connectivity index (χ1n) is 14.7. The second-order valence-electron chi connectivity index (χ2n) is 11.7. The summed E-state index contributed by atoms with van der Waals surface area (Å²) < 4.78 is 0. The van der Waals surface area contributed by atoms with E-state index >= 15 is 0 Å². The maximum absolute atomic E-state index is 5.25. The molecule has 2 heterocycles. The van der Waals surface area contributed by atoms with Crippen LogP contribution in [-0.2, 0) is 5.41 Å². The summed E-state index contributed by atoms with van der Waals surface area (Å²) in [5, 5.41) is 2.53. The second kappa shape index (κ2) is 9.85. The van der Waals surface area contributed by atoms with E-state index in [2.05, 4.69) is 128 Å². The van der Waals surface area contributed by atoms with Gasteiger partial charge in [-0.15, -0.1) is 0 Å². The lowest BCUT2D eigenvalue weighted by Gasteiger charge is -2.21. The van der Waals surface area contributed by atoms with Crippen LogP contribution >= 0.6 is 0 Å². The lowest BCUT2D eigenvalue weighted by Crippen LogP contribution is -2.14. The van der Waals surface area contributed by atoms with Gasteiger partial charge < -0.3 is 0 Å². The Morgan fingerprint density at radius 3 is 2.00 bits per heavy atom. The zero-order valence-electron chi connectivity index (χ0n) is 24.1. The van der Waals surface area contributed by atoms with Crippen molar-refractivity contribution in [3.05, 3.63) is 151 Å². The smallest absolute Gasteiger partial charge is 0.160 e. The van der Waals surface area contributed by atoms with Gasteiger partial charge in [-0.1, -0.05) is 129 Å². The molecule has 1 aliphatic rings. The van der Waals surface area contributed by atoms with Crippen LogP contribution in [0.4, 0.5) is 0 Å². The van der Waals surface area contributed by atoms with E-state index in [4.69, 9.17) is 9.97 Å². The minimum Gasteiger partial charge on any atom is -0.256 e. The van der Waals surface area contributed by atoms with Crippen LogP contribution in [0.1, 0.15) is 25.0 Å². The molecule has 0 amide bonds. The number of hydrogen-bond acceptors (Lipinski definition) is 3. The van der Waals surface area contributed by atoms with Gasteiger partial charge in [-0.3, -0.25) is 4.98 Å². The van der Waals surface area contributed by atoms with Crippen molar-refractivity contribution in [1.29, 1.82) is 0 Å². The summed E-state index contributed by atoms with van der Waals surface area (Å²) in [4.78, 5) is 14.9. The van der Waals surface area contributed by atoms with Gasteiger partial charge in [0.25, 0.3) is 0 Å². The molecule has 0 saturated heterocycles. The van der Waals surface area contributed by atoms with E-state index in [1.54, 1.807) is 0 Å². The molecule has 3 heteroatoms. The molecule has 7 aromatic rings. The van der Waals surface area contributed by atoms with Crippen LogP contribution < -0.4 is 0 Å². The van der Waals surface area contributed by atoms with E-state index in [1.807, 2.05) is 30.5 Å². The standard InChI is InChI=1S/C40H29N3/c1-40(2)32-16-10-15-31(38(32)37-30-14-7-6-11-26(30)22-23-33(37)40)36-25-35(27-12-4-3-5-13-27)42-39(43-36)29-20-18-28(19-21-29)34-17-8-9-24-41-34/h3-25H,1-2H3. The number of aromatic nitrogens is 3. The zero-order valence-corrected chi connectivity index (χ0v) is 24.1. The molecule has 8 rings (SSSR count). The Bertz CT molecular complexity index is 2130. The first kappa shape index (κ1) is 25.3. The molecule has 0 saturated carbocycles. The lowest BCUT2D eigenvalue weighted by atomic mass is 9.82. The molecule has 0 N–H and O–H groups in total. The SMILES string of the molecule is CC1(C)c2cccc(-c3cc(-c4ccccc4)nc(-c4ccc(-c5ccccn5)cc4)n3)c2-c2c1ccc1ccccc21. The fraction of sp³-hybridized carbons (Fsp3) is 0.0750. The van der Waals surface area contributed by atoms with Crippen LogP contribution in [0.15, 0.2) is 140 Å². The van der Waals surface area contributed by atoms with Crippen LogP contribution in [-0.4, -0.2) is 15.0 Å². The normalized spacial score (nSPS) is 13.1. The Morgan fingerprint density at radius 2 is 1.19 bits per heavy atom. The third-order valence-corrected chi connectivity index (χ3v) is 8.77.